The molecule has 0 saturated carbocycles. The average molecular weight is 338 g/mol. The van der Waals surface area contributed by atoms with Crippen molar-refractivity contribution in [3.8, 4) is 22.6 Å². The largest absolute Gasteiger partial charge is 0.493 e. The minimum absolute atomic E-state index is 0.0124. The van der Waals surface area contributed by atoms with Crippen LogP contribution in [0.15, 0.2) is 41.3 Å². The minimum Gasteiger partial charge on any atom is -0.493 e. The van der Waals surface area contributed by atoms with Crippen LogP contribution in [0.1, 0.15) is 0 Å². The van der Waals surface area contributed by atoms with Crippen LogP contribution < -0.4 is 14.6 Å². The Morgan fingerprint density at radius 3 is 2.26 bits per heavy atom. The van der Waals surface area contributed by atoms with Crippen LogP contribution in [0.25, 0.3) is 11.1 Å². The molecule has 2 aromatic rings. The molecule has 0 radical (unpaired) electrons. The molecular formula is C14H14N2O6S. The van der Waals surface area contributed by atoms with E-state index in [-0.39, 0.29) is 33.2 Å². The monoisotopic (exact) mass is 338 g/mol. The van der Waals surface area contributed by atoms with Crippen LogP contribution in [0.5, 0.6) is 11.5 Å². The summed E-state index contributed by atoms with van der Waals surface area (Å²) in [5.41, 5.74) is -0.220. The van der Waals surface area contributed by atoms with Crippen LogP contribution in [0.2, 0.25) is 0 Å². The van der Waals surface area contributed by atoms with Crippen molar-refractivity contribution in [2.45, 2.75) is 4.90 Å². The van der Waals surface area contributed by atoms with Crippen molar-refractivity contribution in [3.05, 3.63) is 46.5 Å². The van der Waals surface area contributed by atoms with E-state index in [4.69, 9.17) is 14.6 Å². The maximum atomic E-state index is 11.9. The van der Waals surface area contributed by atoms with Gasteiger partial charge >= 0.3 is 0 Å². The molecule has 0 unspecified atom stereocenters. The molecule has 23 heavy (non-hydrogen) atoms. The van der Waals surface area contributed by atoms with Gasteiger partial charge in [0.05, 0.1) is 35.2 Å². The first-order valence-electron chi connectivity index (χ1n) is 6.32. The number of nitro groups is 1. The molecule has 0 aliphatic carbocycles. The van der Waals surface area contributed by atoms with Crippen molar-refractivity contribution in [1.29, 1.82) is 0 Å². The van der Waals surface area contributed by atoms with Gasteiger partial charge in [0.25, 0.3) is 5.69 Å². The second kappa shape index (κ2) is 6.23. The van der Waals surface area contributed by atoms with E-state index in [0.29, 0.717) is 0 Å². The van der Waals surface area contributed by atoms with Crippen molar-refractivity contribution in [2.75, 3.05) is 14.2 Å². The molecule has 2 aromatic carbocycles. The zero-order valence-electron chi connectivity index (χ0n) is 12.3. The molecule has 0 spiro atoms. The molecule has 0 fully saturated rings. The van der Waals surface area contributed by atoms with Crippen LogP contribution >= 0.6 is 0 Å². The second-order valence-corrected chi connectivity index (χ2v) is 6.02. The number of para-hydroxylation sites is 1. The molecule has 0 aliphatic rings. The van der Waals surface area contributed by atoms with Crippen molar-refractivity contribution < 1.29 is 22.8 Å². The van der Waals surface area contributed by atoms with E-state index < -0.39 is 14.9 Å². The van der Waals surface area contributed by atoms with Crippen LogP contribution in [-0.4, -0.2) is 27.6 Å². The SMILES string of the molecule is COc1ccc(S(N)(=O)=O)c(-c2ccccc2[N+](=O)[O-])c1OC. The van der Waals surface area contributed by atoms with Gasteiger partial charge in [-0.05, 0) is 18.2 Å². The third-order valence-electron chi connectivity index (χ3n) is 3.18. The number of sulfonamides is 1. The van der Waals surface area contributed by atoms with Gasteiger partial charge in [0.1, 0.15) is 0 Å². The van der Waals surface area contributed by atoms with E-state index >= 15 is 0 Å². The van der Waals surface area contributed by atoms with Gasteiger partial charge in [-0.25, -0.2) is 13.6 Å². The number of hydrogen-bond donors (Lipinski definition) is 1. The highest BCUT2D eigenvalue weighted by atomic mass is 32.2. The molecule has 9 heteroatoms. The highest BCUT2D eigenvalue weighted by molar-refractivity contribution is 7.89. The van der Waals surface area contributed by atoms with Gasteiger partial charge in [0.2, 0.25) is 10.0 Å². The van der Waals surface area contributed by atoms with E-state index in [1.54, 1.807) is 6.07 Å². The Labute approximate surface area is 132 Å². The summed E-state index contributed by atoms with van der Waals surface area (Å²) < 4.78 is 34.1. The number of nitrogens with two attached hydrogens (primary N) is 1. The predicted molar refractivity (Wildman–Crippen MR) is 83.0 cm³/mol. The molecule has 0 saturated heterocycles. The Morgan fingerprint density at radius 2 is 1.74 bits per heavy atom. The van der Waals surface area contributed by atoms with Gasteiger partial charge < -0.3 is 9.47 Å². The van der Waals surface area contributed by atoms with Gasteiger partial charge in [0.15, 0.2) is 11.5 Å². The highest BCUT2D eigenvalue weighted by Gasteiger charge is 2.27. The molecule has 0 aromatic heterocycles. The maximum Gasteiger partial charge on any atom is 0.277 e. The quantitative estimate of drug-likeness (QED) is 0.656. The first-order chi connectivity index (χ1) is 10.8. The van der Waals surface area contributed by atoms with Gasteiger partial charge in [-0.2, -0.15) is 0 Å². The summed E-state index contributed by atoms with van der Waals surface area (Å²) in [4.78, 5) is 10.4. The Kier molecular flexibility index (Phi) is 4.52. The Balaban J connectivity index is 2.97. The van der Waals surface area contributed by atoms with Gasteiger partial charge in [-0.1, -0.05) is 12.1 Å². The lowest BCUT2D eigenvalue weighted by atomic mass is 10.0. The zero-order valence-corrected chi connectivity index (χ0v) is 13.2. The Morgan fingerprint density at radius 1 is 1.09 bits per heavy atom. The predicted octanol–water partition coefficient (Wildman–Crippen LogP) is 1.93. The fourth-order valence-electron chi connectivity index (χ4n) is 2.25. The number of hydrogen-bond acceptors (Lipinski definition) is 6. The molecule has 0 atom stereocenters. The Hall–Kier alpha value is -2.65. The summed E-state index contributed by atoms with van der Waals surface area (Å²) >= 11 is 0. The lowest BCUT2D eigenvalue weighted by molar-refractivity contribution is -0.384. The van der Waals surface area contributed by atoms with E-state index in [2.05, 4.69) is 0 Å². The van der Waals surface area contributed by atoms with Crippen molar-refractivity contribution in [1.82, 2.24) is 0 Å². The number of nitro benzene ring substituents is 1. The number of ether oxygens (including phenoxy) is 2. The third-order valence-corrected chi connectivity index (χ3v) is 4.14. The summed E-state index contributed by atoms with van der Waals surface area (Å²) in [5, 5.41) is 16.5. The maximum absolute atomic E-state index is 11.9. The molecule has 0 amide bonds. The molecule has 122 valence electrons. The molecule has 0 heterocycles. The van der Waals surface area contributed by atoms with Crippen molar-refractivity contribution >= 4 is 15.7 Å². The van der Waals surface area contributed by atoms with E-state index in [1.165, 1.54) is 44.6 Å². The van der Waals surface area contributed by atoms with Crippen LogP contribution in [-0.2, 0) is 10.0 Å². The lowest BCUT2D eigenvalue weighted by Crippen LogP contribution is -2.14. The highest BCUT2D eigenvalue weighted by Crippen LogP contribution is 2.45. The van der Waals surface area contributed by atoms with Crippen molar-refractivity contribution in [3.63, 3.8) is 0 Å². The lowest BCUT2D eigenvalue weighted by Gasteiger charge is -2.16. The molecule has 0 aliphatic heterocycles. The van der Waals surface area contributed by atoms with Crippen LogP contribution in [0.4, 0.5) is 5.69 Å². The summed E-state index contributed by atoms with van der Waals surface area (Å²) in [6, 6.07) is 8.31. The van der Waals surface area contributed by atoms with Crippen LogP contribution in [0.3, 0.4) is 0 Å². The summed E-state index contributed by atoms with van der Waals surface area (Å²) in [7, 11) is -1.46. The average Bonchev–Trinajstić information content (AvgIpc) is 2.52. The third kappa shape index (κ3) is 3.10. The zero-order chi connectivity index (χ0) is 17.2. The minimum atomic E-state index is -4.14. The number of nitrogens with zero attached hydrogens (tertiary/aromatic N) is 1. The number of benzene rings is 2. The topological polar surface area (TPSA) is 122 Å². The summed E-state index contributed by atoms with van der Waals surface area (Å²) in [6.45, 7) is 0. The van der Waals surface area contributed by atoms with Gasteiger partial charge in [0, 0.05) is 6.07 Å². The standard InChI is InChI=1S/C14H14N2O6S/c1-21-11-7-8-12(23(15,19)20)13(14(11)22-2)9-5-3-4-6-10(9)16(17)18/h3-8H,1-2H3,(H2,15,19,20). The molecule has 2 N–H and O–H groups in total. The molecule has 0 bridgehead atoms. The number of rotatable bonds is 5. The Bertz CT molecular complexity index is 864. The van der Waals surface area contributed by atoms with Crippen LogP contribution in [0, 0.1) is 10.1 Å². The smallest absolute Gasteiger partial charge is 0.277 e. The normalized spacial score (nSPS) is 11.1. The summed E-state index contributed by atoms with van der Waals surface area (Å²) in [6.07, 6.45) is 0. The summed E-state index contributed by atoms with van der Waals surface area (Å²) in [5.74, 6) is 0.279. The molecule has 2 rings (SSSR count). The number of primary sulfonamides is 1. The van der Waals surface area contributed by atoms with Gasteiger partial charge in [-0.3, -0.25) is 10.1 Å². The van der Waals surface area contributed by atoms with E-state index in [9.17, 15) is 18.5 Å². The van der Waals surface area contributed by atoms with Crippen molar-refractivity contribution in [2.24, 2.45) is 5.14 Å². The molecule has 8 nitrogen and oxygen atoms in total. The fraction of sp³-hybridized carbons (Fsp3) is 0.143. The van der Waals surface area contributed by atoms with E-state index in [0.717, 1.165) is 0 Å². The number of methoxy groups -OCH3 is 2. The van der Waals surface area contributed by atoms with Gasteiger partial charge in [-0.15, -0.1) is 0 Å². The second-order valence-electron chi connectivity index (χ2n) is 4.49. The van der Waals surface area contributed by atoms with E-state index in [1.807, 2.05) is 0 Å². The first-order valence-corrected chi connectivity index (χ1v) is 7.87. The fourth-order valence-corrected chi connectivity index (χ4v) is 2.99. The first kappa shape index (κ1) is 16.7. The molecular weight excluding hydrogens is 324 g/mol.